The van der Waals surface area contributed by atoms with Crippen molar-refractivity contribution in [3.05, 3.63) is 23.4 Å². The fraction of sp³-hybridized carbons (Fsp3) is 0.600. The molecule has 20 heavy (non-hydrogen) atoms. The van der Waals surface area contributed by atoms with Gasteiger partial charge in [-0.05, 0) is 24.5 Å². The van der Waals surface area contributed by atoms with Crippen LogP contribution in [0.4, 0.5) is 5.82 Å². The van der Waals surface area contributed by atoms with Crippen LogP contribution in [0, 0.1) is 12.8 Å². The number of carbonyl (C=O) groups is 1. The maximum atomic E-state index is 10.9. The van der Waals surface area contributed by atoms with Crippen molar-refractivity contribution in [1.82, 2.24) is 9.88 Å². The van der Waals surface area contributed by atoms with E-state index >= 15 is 0 Å². The van der Waals surface area contributed by atoms with Gasteiger partial charge in [0.25, 0.3) is 0 Å². The first kappa shape index (κ1) is 14.8. The summed E-state index contributed by atoms with van der Waals surface area (Å²) in [6, 6.07) is 1.70. The van der Waals surface area contributed by atoms with Crippen molar-refractivity contribution in [2.45, 2.75) is 20.8 Å². The lowest BCUT2D eigenvalue weighted by atomic mass is 10.1. The van der Waals surface area contributed by atoms with E-state index in [1.165, 1.54) is 6.20 Å². The molecular formula is C15H23N3O2. The van der Waals surface area contributed by atoms with Crippen molar-refractivity contribution in [3.63, 3.8) is 0 Å². The molecule has 1 aromatic rings. The SMILES string of the molecule is Cc1cc(C(=O)O)cnc1N1CCN(CC(C)C)CC1. The molecule has 2 heterocycles. The number of hydrogen-bond donors (Lipinski definition) is 1. The van der Waals surface area contributed by atoms with Crippen LogP contribution in [0.15, 0.2) is 12.3 Å². The van der Waals surface area contributed by atoms with E-state index < -0.39 is 5.97 Å². The van der Waals surface area contributed by atoms with E-state index in [9.17, 15) is 4.79 Å². The molecule has 110 valence electrons. The van der Waals surface area contributed by atoms with E-state index in [2.05, 4.69) is 28.6 Å². The summed E-state index contributed by atoms with van der Waals surface area (Å²) in [7, 11) is 0. The highest BCUT2D eigenvalue weighted by molar-refractivity contribution is 5.87. The number of aromatic nitrogens is 1. The third-order valence-electron chi connectivity index (χ3n) is 3.59. The maximum absolute atomic E-state index is 10.9. The normalized spacial score (nSPS) is 16.7. The second kappa shape index (κ2) is 6.22. The van der Waals surface area contributed by atoms with Gasteiger partial charge in [0.1, 0.15) is 5.82 Å². The van der Waals surface area contributed by atoms with Gasteiger partial charge in [-0.15, -0.1) is 0 Å². The van der Waals surface area contributed by atoms with E-state index in [0.29, 0.717) is 5.92 Å². The molecule has 0 bridgehead atoms. The highest BCUT2D eigenvalue weighted by atomic mass is 16.4. The molecular weight excluding hydrogens is 254 g/mol. The van der Waals surface area contributed by atoms with Crippen molar-refractivity contribution in [2.24, 2.45) is 5.92 Å². The fourth-order valence-corrected chi connectivity index (χ4v) is 2.67. The summed E-state index contributed by atoms with van der Waals surface area (Å²) in [5.74, 6) is 0.685. The first-order valence-corrected chi connectivity index (χ1v) is 7.14. The van der Waals surface area contributed by atoms with E-state index in [0.717, 1.165) is 44.1 Å². The summed E-state index contributed by atoms with van der Waals surface area (Å²) in [5.41, 5.74) is 1.19. The van der Waals surface area contributed by atoms with Crippen molar-refractivity contribution in [3.8, 4) is 0 Å². The molecule has 0 aliphatic carbocycles. The molecule has 0 radical (unpaired) electrons. The summed E-state index contributed by atoms with van der Waals surface area (Å²) >= 11 is 0. The van der Waals surface area contributed by atoms with Crippen LogP contribution in [0.2, 0.25) is 0 Å². The van der Waals surface area contributed by atoms with Crippen LogP contribution in [0.25, 0.3) is 0 Å². The number of hydrogen-bond acceptors (Lipinski definition) is 4. The quantitative estimate of drug-likeness (QED) is 0.910. The van der Waals surface area contributed by atoms with Crippen molar-refractivity contribution in [1.29, 1.82) is 0 Å². The average molecular weight is 277 g/mol. The summed E-state index contributed by atoms with van der Waals surface area (Å²) in [4.78, 5) is 20.0. The predicted molar refractivity (Wildman–Crippen MR) is 79.4 cm³/mol. The van der Waals surface area contributed by atoms with Crippen LogP contribution in [-0.2, 0) is 0 Å². The van der Waals surface area contributed by atoms with Crippen molar-refractivity contribution >= 4 is 11.8 Å². The minimum atomic E-state index is -0.922. The van der Waals surface area contributed by atoms with Crippen LogP contribution in [0.5, 0.6) is 0 Å². The van der Waals surface area contributed by atoms with Gasteiger partial charge >= 0.3 is 5.97 Å². The molecule has 0 amide bonds. The van der Waals surface area contributed by atoms with Gasteiger partial charge in [0, 0.05) is 38.9 Å². The zero-order valence-corrected chi connectivity index (χ0v) is 12.5. The Labute approximate surface area is 120 Å². The zero-order chi connectivity index (χ0) is 14.7. The molecule has 1 N–H and O–H groups in total. The predicted octanol–water partition coefficient (Wildman–Crippen LogP) is 1.87. The fourth-order valence-electron chi connectivity index (χ4n) is 2.67. The summed E-state index contributed by atoms with van der Waals surface area (Å²) < 4.78 is 0. The molecule has 1 saturated heterocycles. The Bertz CT molecular complexity index is 480. The van der Waals surface area contributed by atoms with Gasteiger partial charge in [-0.3, -0.25) is 4.90 Å². The third kappa shape index (κ3) is 3.48. The van der Waals surface area contributed by atoms with E-state index in [1.807, 2.05) is 6.92 Å². The largest absolute Gasteiger partial charge is 0.478 e. The number of aromatic carboxylic acids is 1. The Morgan fingerprint density at radius 3 is 2.50 bits per heavy atom. The summed E-state index contributed by atoms with van der Waals surface area (Å²) in [6.07, 6.45) is 1.45. The average Bonchev–Trinajstić information content (AvgIpc) is 2.39. The van der Waals surface area contributed by atoms with Crippen LogP contribution in [0.3, 0.4) is 0 Å². The van der Waals surface area contributed by atoms with Crippen LogP contribution in [0.1, 0.15) is 29.8 Å². The molecule has 0 saturated carbocycles. The van der Waals surface area contributed by atoms with Gasteiger partial charge in [0.2, 0.25) is 0 Å². The van der Waals surface area contributed by atoms with E-state index in [1.54, 1.807) is 6.07 Å². The van der Waals surface area contributed by atoms with Crippen LogP contribution < -0.4 is 4.90 Å². The number of nitrogens with zero attached hydrogens (tertiary/aromatic N) is 3. The van der Waals surface area contributed by atoms with Gasteiger partial charge in [-0.25, -0.2) is 9.78 Å². The summed E-state index contributed by atoms with van der Waals surface area (Å²) in [6.45, 7) is 11.5. The summed E-state index contributed by atoms with van der Waals surface area (Å²) in [5, 5.41) is 8.97. The lowest BCUT2D eigenvalue weighted by molar-refractivity contribution is 0.0696. The molecule has 0 unspecified atom stereocenters. The minimum Gasteiger partial charge on any atom is -0.478 e. The first-order valence-electron chi connectivity index (χ1n) is 7.14. The van der Waals surface area contributed by atoms with Gasteiger partial charge in [-0.1, -0.05) is 13.8 Å². The van der Waals surface area contributed by atoms with Crippen molar-refractivity contribution in [2.75, 3.05) is 37.6 Å². The molecule has 1 aliphatic rings. The lowest BCUT2D eigenvalue weighted by Crippen LogP contribution is -2.47. The molecule has 1 aromatic heterocycles. The standard InChI is InChI=1S/C15H23N3O2/c1-11(2)10-17-4-6-18(7-5-17)14-12(3)8-13(9-16-14)15(19)20/h8-9,11H,4-7,10H2,1-3H3,(H,19,20). The van der Waals surface area contributed by atoms with Gasteiger partial charge in [0.15, 0.2) is 0 Å². The highest BCUT2D eigenvalue weighted by Gasteiger charge is 2.20. The monoisotopic (exact) mass is 277 g/mol. The van der Waals surface area contributed by atoms with E-state index in [-0.39, 0.29) is 5.56 Å². The second-order valence-electron chi connectivity index (χ2n) is 5.85. The first-order chi connectivity index (χ1) is 9.47. The Morgan fingerprint density at radius 1 is 1.35 bits per heavy atom. The number of carboxylic acid groups (broad SMARTS) is 1. The second-order valence-corrected chi connectivity index (χ2v) is 5.85. The maximum Gasteiger partial charge on any atom is 0.337 e. The number of piperazine rings is 1. The highest BCUT2D eigenvalue weighted by Crippen LogP contribution is 2.20. The van der Waals surface area contributed by atoms with Crippen LogP contribution >= 0.6 is 0 Å². The molecule has 2 rings (SSSR count). The van der Waals surface area contributed by atoms with Gasteiger partial charge < -0.3 is 10.0 Å². The third-order valence-corrected chi connectivity index (χ3v) is 3.59. The lowest BCUT2D eigenvalue weighted by Gasteiger charge is -2.36. The number of carboxylic acids is 1. The molecule has 5 nitrogen and oxygen atoms in total. The number of anilines is 1. The molecule has 1 aliphatic heterocycles. The Balaban J connectivity index is 2.02. The molecule has 1 fully saturated rings. The van der Waals surface area contributed by atoms with E-state index in [4.69, 9.17) is 5.11 Å². The Kier molecular flexibility index (Phi) is 4.60. The van der Waals surface area contributed by atoms with Crippen LogP contribution in [-0.4, -0.2) is 53.7 Å². The Morgan fingerprint density at radius 2 is 2.00 bits per heavy atom. The molecule has 0 aromatic carbocycles. The molecule has 0 atom stereocenters. The minimum absolute atomic E-state index is 0.254. The molecule has 5 heteroatoms. The topological polar surface area (TPSA) is 56.7 Å². The van der Waals surface area contributed by atoms with Gasteiger partial charge in [-0.2, -0.15) is 0 Å². The Hall–Kier alpha value is -1.62. The number of aryl methyl sites for hydroxylation is 1. The number of rotatable bonds is 4. The zero-order valence-electron chi connectivity index (χ0n) is 12.5. The van der Waals surface area contributed by atoms with Gasteiger partial charge in [0.05, 0.1) is 5.56 Å². The number of pyridine rings is 1. The van der Waals surface area contributed by atoms with Crippen molar-refractivity contribution < 1.29 is 9.90 Å². The molecule has 0 spiro atoms. The smallest absolute Gasteiger partial charge is 0.337 e.